The SMILES string of the molecule is CCc1nn(C)c(N(C)CC(F)(F)F)c1N. The molecule has 92 valence electrons. The van der Waals surface area contributed by atoms with Gasteiger partial charge in [0.25, 0.3) is 0 Å². The van der Waals surface area contributed by atoms with Gasteiger partial charge in [-0.05, 0) is 6.42 Å². The number of nitrogens with two attached hydrogens (primary N) is 1. The molecule has 1 heterocycles. The second kappa shape index (κ2) is 4.23. The summed E-state index contributed by atoms with van der Waals surface area (Å²) in [7, 11) is 2.93. The quantitative estimate of drug-likeness (QED) is 0.866. The van der Waals surface area contributed by atoms with E-state index in [4.69, 9.17) is 5.73 Å². The summed E-state index contributed by atoms with van der Waals surface area (Å²) in [5.41, 5.74) is 6.68. The summed E-state index contributed by atoms with van der Waals surface area (Å²) < 4.78 is 38.1. The Balaban J connectivity index is 2.99. The number of hydrogen-bond donors (Lipinski definition) is 1. The lowest BCUT2D eigenvalue weighted by molar-refractivity contribution is -0.119. The van der Waals surface area contributed by atoms with E-state index in [1.807, 2.05) is 6.92 Å². The third-order valence-electron chi connectivity index (χ3n) is 2.24. The molecule has 0 amide bonds. The van der Waals surface area contributed by atoms with Gasteiger partial charge < -0.3 is 10.6 Å². The number of nitrogens with zero attached hydrogens (tertiary/aromatic N) is 3. The Morgan fingerprint density at radius 3 is 2.38 bits per heavy atom. The van der Waals surface area contributed by atoms with Crippen LogP contribution in [0.4, 0.5) is 24.7 Å². The Morgan fingerprint density at radius 1 is 1.44 bits per heavy atom. The zero-order chi connectivity index (χ0) is 12.5. The van der Waals surface area contributed by atoms with Crippen molar-refractivity contribution in [2.45, 2.75) is 19.5 Å². The Hall–Kier alpha value is -1.40. The van der Waals surface area contributed by atoms with E-state index < -0.39 is 12.7 Å². The number of rotatable bonds is 3. The number of halogens is 3. The number of alkyl halides is 3. The molecule has 0 aliphatic carbocycles. The van der Waals surface area contributed by atoms with Crippen LogP contribution in [0.15, 0.2) is 0 Å². The van der Waals surface area contributed by atoms with Gasteiger partial charge in [0.2, 0.25) is 0 Å². The van der Waals surface area contributed by atoms with Gasteiger partial charge in [-0.3, -0.25) is 4.68 Å². The van der Waals surface area contributed by atoms with Gasteiger partial charge in [-0.25, -0.2) is 0 Å². The van der Waals surface area contributed by atoms with E-state index in [9.17, 15) is 13.2 Å². The molecule has 0 saturated heterocycles. The van der Waals surface area contributed by atoms with Crippen LogP contribution in [0, 0.1) is 0 Å². The van der Waals surface area contributed by atoms with Crippen LogP contribution >= 0.6 is 0 Å². The molecule has 0 fully saturated rings. The van der Waals surface area contributed by atoms with Crippen molar-refractivity contribution in [3.63, 3.8) is 0 Å². The number of aromatic nitrogens is 2. The van der Waals surface area contributed by atoms with E-state index in [1.54, 1.807) is 7.05 Å². The molecule has 0 aromatic carbocycles. The fraction of sp³-hybridized carbons (Fsp3) is 0.667. The summed E-state index contributed by atoms with van der Waals surface area (Å²) in [6.45, 7) is 0.812. The van der Waals surface area contributed by atoms with E-state index in [0.29, 0.717) is 23.6 Å². The van der Waals surface area contributed by atoms with Crippen molar-refractivity contribution in [2.75, 3.05) is 24.2 Å². The van der Waals surface area contributed by atoms with Crippen molar-refractivity contribution in [1.82, 2.24) is 9.78 Å². The lowest BCUT2D eigenvalue weighted by Crippen LogP contribution is -2.32. The molecule has 0 aliphatic rings. The van der Waals surface area contributed by atoms with Crippen molar-refractivity contribution < 1.29 is 13.2 Å². The first kappa shape index (κ1) is 12.7. The highest BCUT2D eigenvalue weighted by Gasteiger charge is 2.31. The van der Waals surface area contributed by atoms with E-state index >= 15 is 0 Å². The van der Waals surface area contributed by atoms with Gasteiger partial charge in [0.1, 0.15) is 12.4 Å². The fourth-order valence-electron chi connectivity index (χ4n) is 1.64. The maximum Gasteiger partial charge on any atom is 0.405 e. The first-order chi connectivity index (χ1) is 7.26. The minimum atomic E-state index is -4.25. The maximum absolute atomic E-state index is 12.2. The van der Waals surface area contributed by atoms with E-state index in [0.717, 1.165) is 4.90 Å². The third kappa shape index (κ3) is 2.59. The van der Waals surface area contributed by atoms with Crippen LogP contribution in [0.1, 0.15) is 12.6 Å². The van der Waals surface area contributed by atoms with Crippen LogP contribution in [0.5, 0.6) is 0 Å². The summed E-state index contributed by atoms with van der Waals surface area (Å²) in [6.07, 6.45) is -3.66. The van der Waals surface area contributed by atoms with Gasteiger partial charge in [0, 0.05) is 14.1 Å². The molecular weight excluding hydrogens is 221 g/mol. The molecule has 16 heavy (non-hydrogen) atoms. The minimum absolute atomic E-state index is 0.300. The smallest absolute Gasteiger partial charge is 0.394 e. The molecule has 0 aliphatic heterocycles. The Labute approximate surface area is 91.8 Å². The first-order valence-electron chi connectivity index (χ1n) is 4.85. The monoisotopic (exact) mass is 236 g/mol. The highest BCUT2D eigenvalue weighted by atomic mass is 19.4. The number of hydrogen-bond acceptors (Lipinski definition) is 3. The zero-order valence-electron chi connectivity index (χ0n) is 9.47. The average molecular weight is 236 g/mol. The van der Waals surface area contributed by atoms with Crippen molar-refractivity contribution in [3.05, 3.63) is 5.69 Å². The lowest BCUT2D eigenvalue weighted by Gasteiger charge is -2.21. The maximum atomic E-state index is 12.2. The molecule has 0 unspecified atom stereocenters. The lowest BCUT2D eigenvalue weighted by atomic mass is 10.3. The predicted octanol–water partition coefficient (Wildman–Crippen LogP) is 1.56. The molecule has 0 atom stereocenters. The third-order valence-corrected chi connectivity index (χ3v) is 2.24. The topological polar surface area (TPSA) is 47.1 Å². The fourth-order valence-corrected chi connectivity index (χ4v) is 1.64. The van der Waals surface area contributed by atoms with E-state index in [-0.39, 0.29) is 0 Å². The number of aryl methyl sites for hydroxylation is 2. The predicted molar refractivity (Wildman–Crippen MR) is 56.3 cm³/mol. The molecule has 0 saturated carbocycles. The van der Waals surface area contributed by atoms with Gasteiger partial charge in [-0.2, -0.15) is 18.3 Å². The van der Waals surface area contributed by atoms with E-state index in [2.05, 4.69) is 5.10 Å². The highest BCUT2D eigenvalue weighted by molar-refractivity contribution is 5.66. The van der Waals surface area contributed by atoms with Crippen LogP contribution in [0.25, 0.3) is 0 Å². The van der Waals surface area contributed by atoms with Gasteiger partial charge in [0.15, 0.2) is 0 Å². The molecular formula is C9H15F3N4. The molecule has 1 aromatic heterocycles. The normalized spacial score (nSPS) is 11.9. The van der Waals surface area contributed by atoms with Crippen LogP contribution in [0.2, 0.25) is 0 Å². The minimum Gasteiger partial charge on any atom is -0.394 e. The molecule has 7 heteroatoms. The van der Waals surface area contributed by atoms with Gasteiger partial charge >= 0.3 is 6.18 Å². The summed E-state index contributed by atoms with van der Waals surface area (Å²) in [5.74, 6) is 0.300. The summed E-state index contributed by atoms with van der Waals surface area (Å²) in [6, 6.07) is 0. The van der Waals surface area contributed by atoms with Crippen LogP contribution in [-0.2, 0) is 13.5 Å². The molecule has 0 radical (unpaired) electrons. The van der Waals surface area contributed by atoms with Crippen LogP contribution < -0.4 is 10.6 Å². The molecule has 1 rings (SSSR count). The molecule has 2 N–H and O–H groups in total. The van der Waals surface area contributed by atoms with Gasteiger partial charge in [-0.1, -0.05) is 6.92 Å². The standard InChI is InChI=1S/C9H15F3N4/c1-4-6-7(13)8(16(3)14-6)15(2)5-9(10,11)12/h4-5,13H2,1-3H3. The van der Waals surface area contributed by atoms with Gasteiger partial charge in [0.05, 0.1) is 11.4 Å². The molecule has 4 nitrogen and oxygen atoms in total. The van der Waals surface area contributed by atoms with Crippen molar-refractivity contribution in [1.29, 1.82) is 0 Å². The van der Waals surface area contributed by atoms with Crippen molar-refractivity contribution in [3.8, 4) is 0 Å². The largest absolute Gasteiger partial charge is 0.405 e. The first-order valence-corrected chi connectivity index (χ1v) is 4.85. The summed E-state index contributed by atoms with van der Waals surface area (Å²) >= 11 is 0. The van der Waals surface area contributed by atoms with Crippen LogP contribution in [0.3, 0.4) is 0 Å². The zero-order valence-corrected chi connectivity index (χ0v) is 9.47. The Morgan fingerprint density at radius 2 is 2.00 bits per heavy atom. The number of nitrogen functional groups attached to an aromatic ring is 1. The second-order valence-electron chi connectivity index (χ2n) is 3.63. The second-order valence-corrected chi connectivity index (χ2v) is 3.63. The highest BCUT2D eigenvalue weighted by Crippen LogP contribution is 2.28. The van der Waals surface area contributed by atoms with Crippen LogP contribution in [-0.4, -0.2) is 29.5 Å². The Bertz CT molecular complexity index is 370. The summed E-state index contributed by atoms with van der Waals surface area (Å²) in [5, 5.41) is 4.06. The number of anilines is 2. The molecule has 1 aromatic rings. The van der Waals surface area contributed by atoms with Crippen molar-refractivity contribution in [2.24, 2.45) is 7.05 Å². The summed E-state index contributed by atoms with van der Waals surface area (Å²) in [4.78, 5) is 1.06. The van der Waals surface area contributed by atoms with Crippen molar-refractivity contribution >= 4 is 11.5 Å². The van der Waals surface area contributed by atoms with E-state index in [1.165, 1.54) is 11.7 Å². The molecule has 0 bridgehead atoms. The van der Waals surface area contributed by atoms with Gasteiger partial charge in [-0.15, -0.1) is 0 Å². The Kier molecular flexibility index (Phi) is 3.35. The average Bonchev–Trinajstić information content (AvgIpc) is 2.38. The molecule has 0 spiro atoms.